The molecule has 0 aliphatic heterocycles. The minimum atomic E-state index is -0.665. The minimum absolute atomic E-state index is 0.0126. The first kappa shape index (κ1) is 67.9. The van der Waals surface area contributed by atoms with Crippen LogP contribution in [-0.2, 0) is 14.3 Å². The van der Waals surface area contributed by atoms with Gasteiger partial charge >= 0.3 is 5.97 Å². The highest BCUT2D eigenvalue weighted by molar-refractivity contribution is 5.76. The quantitative estimate of drug-likeness (QED) is 0.0417. The van der Waals surface area contributed by atoms with Gasteiger partial charge in [-0.1, -0.05) is 328 Å². The Kier molecular flexibility index (Phi) is 58.4. The van der Waals surface area contributed by atoms with E-state index in [1.807, 2.05) is 0 Å². The van der Waals surface area contributed by atoms with Crippen molar-refractivity contribution in [2.24, 2.45) is 0 Å². The maximum absolute atomic E-state index is 12.5. The smallest absolute Gasteiger partial charge is 0.305 e. The third-order valence-corrected chi connectivity index (χ3v) is 15.2. The zero-order valence-electron chi connectivity index (χ0n) is 47.1. The summed E-state index contributed by atoms with van der Waals surface area (Å²) >= 11 is 0. The lowest BCUT2D eigenvalue weighted by Crippen LogP contribution is -2.45. The van der Waals surface area contributed by atoms with Gasteiger partial charge in [-0.3, -0.25) is 9.59 Å². The van der Waals surface area contributed by atoms with Crippen molar-refractivity contribution in [2.45, 2.75) is 379 Å². The number of carbonyl (C=O) groups is 2. The summed E-state index contributed by atoms with van der Waals surface area (Å²) in [6, 6.07) is -0.542. The second kappa shape index (κ2) is 59.4. The largest absolute Gasteiger partial charge is 0.466 e. The molecule has 69 heavy (non-hydrogen) atoms. The third kappa shape index (κ3) is 56.0. The Morgan fingerprint density at radius 3 is 0.884 bits per heavy atom. The van der Waals surface area contributed by atoms with E-state index in [9.17, 15) is 19.8 Å². The highest BCUT2D eigenvalue weighted by atomic mass is 16.5. The summed E-state index contributed by atoms with van der Waals surface area (Å²) < 4.78 is 5.47. The van der Waals surface area contributed by atoms with Gasteiger partial charge < -0.3 is 20.3 Å². The van der Waals surface area contributed by atoms with Crippen LogP contribution in [0, 0.1) is 0 Å². The summed E-state index contributed by atoms with van der Waals surface area (Å²) in [6.07, 6.45) is 69.7. The van der Waals surface area contributed by atoms with Crippen LogP contribution in [0.2, 0.25) is 0 Å². The van der Waals surface area contributed by atoms with E-state index in [-0.39, 0.29) is 18.5 Å². The summed E-state index contributed by atoms with van der Waals surface area (Å²) in [5.74, 6) is -0.0197. The van der Waals surface area contributed by atoms with Crippen LogP contribution < -0.4 is 5.32 Å². The Morgan fingerprint density at radius 1 is 0.348 bits per heavy atom. The second-order valence-corrected chi connectivity index (χ2v) is 22.1. The number of hydrogen-bond donors (Lipinski definition) is 3. The van der Waals surface area contributed by atoms with Gasteiger partial charge in [-0.05, 0) is 25.7 Å². The Hall–Kier alpha value is -1.14. The predicted molar refractivity (Wildman–Crippen MR) is 301 cm³/mol. The third-order valence-electron chi connectivity index (χ3n) is 15.2. The van der Waals surface area contributed by atoms with Gasteiger partial charge in [0.2, 0.25) is 5.91 Å². The lowest BCUT2D eigenvalue weighted by atomic mass is 10.0. The SMILES string of the molecule is CCCCCCCCCCCCCCCCCCCCCCC(O)C(CO)NC(=O)CCCCCCCCCCCCCCCCCCCCCCOC(=O)CCCCCCCCCCCCCC. The van der Waals surface area contributed by atoms with Crippen molar-refractivity contribution < 1.29 is 24.5 Å². The molecular weight excluding hydrogens is 851 g/mol. The molecule has 0 saturated carbocycles. The molecule has 0 aliphatic rings. The summed E-state index contributed by atoms with van der Waals surface area (Å²) in [5.41, 5.74) is 0. The van der Waals surface area contributed by atoms with Crippen LogP contribution in [0.25, 0.3) is 0 Å². The first-order valence-electron chi connectivity index (χ1n) is 31.8. The Morgan fingerprint density at radius 2 is 0.594 bits per heavy atom. The van der Waals surface area contributed by atoms with Gasteiger partial charge in [0.25, 0.3) is 0 Å². The number of amides is 1. The minimum Gasteiger partial charge on any atom is -0.466 e. The van der Waals surface area contributed by atoms with Crippen molar-refractivity contribution in [3.8, 4) is 0 Å². The predicted octanol–water partition coefficient (Wildman–Crippen LogP) is 19.9. The van der Waals surface area contributed by atoms with Crippen LogP contribution in [0.5, 0.6) is 0 Å². The standard InChI is InChI=1S/C63H125NO5/c1-3-5-7-9-11-13-15-17-18-19-20-23-26-29-32-35-39-43-47-51-55-61(66)60(59-65)64-62(67)56-52-48-44-40-36-33-30-27-24-21-22-25-28-31-34-38-42-46-50-54-58-69-63(68)57-53-49-45-41-37-16-14-12-10-8-6-4-2/h60-61,65-66H,3-59H2,1-2H3,(H,64,67). The fourth-order valence-corrected chi connectivity index (χ4v) is 10.3. The Balaban J connectivity index is 3.38. The Bertz CT molecular complexity index is 990. The van der Waals surface area contributed by atoms with Gasteiger partial charge in [-0.25, -0.2) is 0 Å². The van der Waals surface area contributed by atoms with E-state index in [2.05, 4.69) is 19.2 Å². The van der Waals surface area contributed by atoms with Crippen molar-refractivity contribution in [2.75, 3.05) is 13.2 Å². The van der Waals surface area contributed by atoms with Crippen molar-refractivity contribution >= 4 is 11.9 Å². The average molecular weight is 977 g/mol. The van der Waals surface area contributed by atoms with Crippen LogP contribution in [0.3, 0.4) is 0 Å². The molecular formula is C63H125NO5. The zero-order valence-corrected chi connectivity index (χ0v) is 47.1. The normalized spacial score (nSPS) is 12.5. The van der Waals surface area contributed by atoms with Gasteiger partial charge in [0, 0.05) is 12.8 Å². The van der Waals surface area contributed by atoms with Crippen LogP contribution in [-0.4, -0.2) is 47.4 Å². The average Bonchev–Trinajstić information content (AvgIpc) is 3.35. The van der Waals surface area contributed by atoms with Crippen molar-refractivity contribution in [3.05, 3.63) is 0 Å². The lowest BCUT2D eigenvalue weighted by molar-refractivity contribution is -0.143. The maximum atomic E-state index is 12.5. The lowest BCUT2D eigenvalue weighted by Gasteiger charge is -2.22. The van der Waals surface area contributed by atoms with Gasteiger partial charge in [0.15, 0.2) is 0 Å². The zero-order chi connectivity index (χ0) is 50.0. The molecule has 2 atom stereocenters. The molecule has 3 N–H and O–H groups in total. The van der Waals surface area contributed by atoms with E-state index in [0.29, 0.717) is 25.9 Å². The second-order valence-electron chi connectivity index (χ2n) is 22.1. The van der Waals surface area contributed by atoms with Crippen LogP contribution >= 0.6 is 0 Å². The van der Waals surface area contributed by atoms with E-state index >= 15 is 0 Å². The molecule has 0 heterocycles. The molecule has 0 saturated heterocycles. The fourth-order valence-electron chi connectivity index (χ4n) is 10.3. The Labute approximate surface area is 432 Å². The number of nitrogens with one attached hydrogen (secondary N) is 1. The molecule has 412 valence electrons. The van der Waals surface area contributed by atoms with E-state index in [4.69, 9.17) is 4.74 Å². The first-order chi connectivity index (χ1) is 34.0. The monoisotopic (exact) mass is 976 g/mol. The number of aliphatic hydroxyl groups is 2. The molecule has 0 radical (unpaired) electrons. The number of esters is 1. The number of aliphatic hydroxyl groups excluding tert-OH is 2. The van der Waals surface area contributed by atoms with Gasteiger partial charge in [0.1, 0.15) is 0 Å². The molecule has 0 fully saturated rings. The summed E-state index contributed by atoms with van der Waals surface area (Å²) in [6.45, 7) is 4.98. The molecule has 2 unspecified atom stereocenters. The number of hydrogen-bond acceptors (Lipinski definition) is 5. The molecule has 6 heteroatoms. The fraction of sp³-hybridized carbons (Fsp3) is 0.968. The molecule has 1 amide bonds. The van der Waals surface area contributed by atoms with Gasteiger partial charge in [-0.15, -0.1) is 0 Å². The van der Waals surface area contributed by atoms with Crippen molar-refractivity contribution in [3.63, 3.8) is 0 Å². The molecule has 6 nitrogen and oxygen atoms in total. The van der Waals surface area contributed by atoms with E-state index < -0.39 is 12.1 Å². The highest BCUT2D eigenvalue weighted by Crippen LogP contribution is 2.19. The molecule has 0 aromatic rings. The maximum Gasteiger partial charge on any atom is 0.305 e. The molecule has 0 aromatic carbocycles. The number of ether oxygens (including phenoxy) is 1. The summed E-state index contributed by atoms with van der Waals surface area (Å²) in [5, 5.41) is 23.4. The number of carbonyl (C=O) groups excluding carboxylic acids is 2. The van der Waals surface area contributed by atoms with E-state index in [1.165, 1.54) is 295 Å². The molecule has 0 rings (SSSR count). The summed E-state index contributed by atoms with van der Waals surface area (Å²) in [4.78, 5) is 24.5. The van der Waals surface area contributed by atoms with Crippen LogP contribution in [0.4, 0.5) is 0 Å². The summed E-state index contributed by atoms with van der Waals surface area (Å²) in [7, 11) is 0. The van der Waals surface area contributed by atoms with Crippen LogP contribution in [0.1, 0.15) is 367 Å². The molecule has 0 aliphatic carbocycles. The van der Waals surface area contributed by atoms with E-state index in [1.54, 1.807) is 0 Å². The number of rotatable bonds is 60. The topological polar surface area (TPSA) is 95.9 Å². The van der Waals surface area contributed by atoms with Gasteiger partial charge in [-0.2, -0.15) is 0 Å². The van der Waals surface area contributed by atoms with Crippen molar-refractivity contribution in [1.82, 2.24) is 5.32 Å². The van der Waals surface area contributed by atoms with Crippen molar-refractivity contribution in [1.29, 1.82) is 0 Å². The first-order valence-corrected chi connectivity index (χ1v) is 31.8. The number of unbranched alkanes of at least 4 members (excludes halogenated alkanes) is 49. The molecule has 0 spiro atoms. The van der Waals surface area contributed by atoms with E-state index in [0.717, 1.165) is 38.5 Å². The molecule has 0 aromatic heterocycles. The van der Waals surface area contributed by atoms with Crippen LogP contribution in [0.15, 0.2) is 0 Å². The highest BCUT2D eigenvalue weighted by Gasteiger charge is 2.20. The van der Waals surface area contributed by atoms with Gasteiger partial charge in [0.05, 0.1) is 25.4 Å². The molecule has 0 bridgehead atoms.